The van der Waals surface area contributed by atoms with Gasteiger partial charge < -0.3 is 14.1 Å². The molecule has 1 aliphatic heterocycles. The first-order valence-corrected chi connectivity index (χ1v) is 16.0. The molecule has 0 atom stereocenters. The molecule has 11 nitrogen and oxygen atoms in total. The van der Waals surface area contributed by atoms with Gasteiger partial charge in [0.2, 0.25) is 0 Å². The van der Waals surface area contributed by atoms with Crippen LogP contribution in [0.1, 0.15) is 22.3 Å². The van der Waals surface area contributed by atoms with Gasteiger partial charge in [0.15, 0.2) is 5.82 Å². The smallest absolute Gasteiger partial charge is 0.414 e. The summed E-state index contributed by atoms with van der Waals surface area (Å²) < 4.78 is 55.0. The molecule has 13 heteroatoms. The molecule has 0 unspecified atom stereocenters. The van der Waals surface area contributed by atoms with E-state index in [0.717, 1.165) is 32.7 Å². The predicted molar refractivity (Wildman–Crippen MR) is 170 cm³/mol. The fraction of sp³-hybridized carbons (Fsp3) is 0.312. The average molecular weight is 638 g/mol. The lowest BCUT2D eigenvalue weighted by Crippen LogP contribution is -2.45. The highest BCUT2D eigenvalue weighted by Gasteiger charge is 2.24. The molecular formula is C32H36FN5O6S. The van der Waals surface area contributed by atoms with Crippen LogP contribution in [0.15, 0.2) is 75.9 Å². The SMILES string of the molecule is CNS(=O)(=O)Nc1cccc(Cc2c(CN3CCN(Cc4ccccc4)CC3)c3ccc(OC(=O)N(C)C)cc3oc2=O)c1F. The first-order valence-electron chi connectivity index (χ1n) is 14.5. The van der Waals surface area contributed by atoms with Crippen molar-refractivity contribution in [1.82, 2.24) is 19.4 Å². The fourth-order valence-corrected chi connectivity index (χ4v) is 5.80. The Morgan fingerprint density at radius 1 is 0.956 bits per heavy atom. The van der Waals surface area contributed by atoms with Crippen LogP contribution in [0.4, 0.5) is 14.9 Å². The number of fused-ring (bicyclic) bond motifs is 1. The van der Waals surface area contributed by atoms with Crippen molar-refractivity contribution >= 4 is 33.0 Å². The number of carbonyl (C=O) groups excluding carboxylic acids is 1. The Morgan fingerprint density at radius 2 is 1.64 bits per heavy atom. The molecule has 0 bridgehead atoms. The Labute approximate surface area is 261 Å². The van der Waals surface area contributed by atoms with Crippen LogP contribution in [0.2, 0.25) is 0 Å². The minimum absolute atomic E-state index is 0.125. The Hall–Kier alpha value is -4.30. The summed E-state index contributed by atoms with van der Waals surface area (Å²) in [6, 6.07) is 19.5. The lowest BCUT2D eigenvalue weighted by atomic mass is 9.97. The third-order valence-corrected chi connectivity index (χ3v) is 8.74. The number of halogens is 1. The van der Waals surface area contributed by atoms with E-state index in [-0.39, 0.29) is 34.6 Å². The topological polar surface area (TPSA) is 124 Å². The zero-order valence-electron chi connectivity index (χ0n) is 25.4. The number of carbonyl (C=O) groups is 1. The van der Waals surface area contributed by atoms with Gasteiger partial charge in [0.1, 0.15) is 11.3 Å². The van der Waals surface area contributed by atoms with Crippen molar-refractivity contribution in [2.45, 2.75) is 19.5 Å². The number of nitrogens with zero attached hydrogens (tertiary/aromatic N) is 3. The van der Waals surface area contributed by atoms with Gasteiger partial charge in [-0.15, -0.1) is 0 Å². The van der Waals surface area contributed by atoms with E-state index in [0.29, 0.717) is 17.5 Å². The normalized spacial score (nSPS) is 14.4. The first kappa shape index (κ1) is 32.1. The Balaban J connectivity index is 1.47. The molecule has 0 spiro atoms. The van der Waals surface area contributed by atoms with Crippen molar-refractivity contribution in [2.24, 2.45) is 0 Å². The fourth-order valence-electron chi connectivity index (χ4n) is 5.25. The molecule has 0 aliphatic carbocycles. The third kappa shape index (κ3) is 7.87. The van der Waals surface area contributed by atoms with Crippen molar-refractivity contribution in [3.63, 3.8) is 0 Å². The Kier molecular flexibility index (Phi) is 9.83. The van der Waals surface area contributed by atoms with E-state index >= 15 is 4.39 Å². The van der Waals surface area contributed by atoms with Crippen molar-refractivity contribution in [3.05, 3.63) is 105 Å². The van der Waals surface area contributed by atoms with Crippen LogP contribution in [0.25, 0.3) is 11.0 Å². The van der Waals surface area contributed by atoms with Crippen LogP contribution < -0.4 is 19.8 Å². The number of rotatable bonds is 10. The summed E-state index contributed by atoms with van der Waals surface area (Å²) >= 11 is 0. The molecule has 1 amide bonds. The molecule has 2 N–H and O–H groups in total. The molecule has 1 aromatic heterocycles. The molecule has 3 aromatic carbocycles. The molecule has 0 radical (unpaired) electrons. The van der Waals surface area contributed by atoms with Gasteiger partial charge in [-0.25, -0.2) is 18.7 Å². The van der Waals surface area contributed by atoms with E-state index in [9.17, 15) is 18.0 Å². The number of piperazine rings is 1. The predicted octanol–water partition coefficient (Wildman–Crippen LogP) is 3.78. The minimum Gasteiger partial charge on any atom is -0.422 e. The van der Waals surface area contributed by atoms with E-state index < -0.39 is 27.7 Å². The van der Waals surface area contributed by atoms with Crippen LogP contribution >= 0.6 is 0 Å². The van der Waals surface area contributed by atoms with Gasteiger partial charge in [-0.05, 0) is 34.9 Å². The van der Waals surface area contributed by atoms with E-state index in [4.69, 9.17) is 9.15 Å². The van der Waals surface area contributed by atoms with Crippen molar-refractivity contribution in [1.29, 1.82) is 0 Å². The van der Waals surface area contributed by atoms with E-state index in [1.807, 2.05) is 18.2 Å². The molecule has 4 aromatic rings. The second-order valence-electron chi connectivity index (χ2n) is 11.1. The highest BCUT2D eigenvalue weighted by Crippen LogP contribution is 2.29. The maximum Gasteiger partial charge on any atom is 0.414 e. The van der Waals surface area contributed by atoms with E-state index in [1.165, 1.54) is 41.8 Å². The second-order valence-corrected chi connectivity index (χ2v) is 12.7. The van der Waals surface area contributed by atoms with Gasteiger partial charge in [0, 0.05) is 83.8 Å². The summed E-state index contributed by atoms with van der Waals surface area (Å²) in [7, 11) is 0.373. The van der Waals surface area contributed by atoms with Gasteiger partial charge in [-0.3, -0.25) is 14.5 Å². The number of anilines is 1. The van der Waals surface area contributed by atoms with E-state index in [2.05, 4.69) is 31.4 Å². The summed E-state index contributed by atoms with van der Waals surface area (Å²) in [5.41, 5.74) is 1.65. The molecule has 238 valence electrons. The first-order chi connectivity index (χ1) is 21.5. The molecule has 1 aliphatic rings. The van der Waals surface area contributed by atoms with Crippen LogP contribution in [0.3, 0.4) is 0 Å². The minimum atomic E-state index is -3.96. The van der Waals surface area contributed by atoms with Crippen LogP contribution in [-0.4, -0.2) is 76.5 Å². The zero-order chi connectivity index (χ0) is 32.1. The quantitative estimate of drug-likeness (QED) is 0.252. The monoisotopic (exact) mass is 637 g/mol. The maximum atomic E-state index is 15.6. The van der Waals surface area contributed by atoms with Gasteiger partial charge in [0.25, 0.3) is 10.2 Å². The Morgan fingerprint density at radius 3 is 2.31 bits per heavy atom. The number of ether oxygens (including phenoxy) is 1. The van der Waals surface area contributed by atoms with Crippen LogP contribution in [0, 0.1) is 5.82 Å². The lowest BCUT2D eigenvalue weighted by Gasteiger charge is -2.35. The number of hydrogen-bond donors (Lipinski definition) is 2. The van der Waals surface area contributed by atoms with Crippen LogP contribution in [0.5, 0.6) is 5.75 Å². The number of hydrogen-bond acceptors (Lipinski definition) is 8. The third-order valence-electron chi connectivity index (χ3n) is 7.72. The summed E-state index contributed by atoms with van der Waals surface area (Å²) in [6.45, 7) is 4.41. The van der Waals surface area contributed by atoms with Crippen molar-refractivity contribution < 1.29 is 26.8 Å². The van der Waals surface area contributed by atoms with Gasteiger partial charge >= 0.3 is 11.7 Å². The van der Waals surface area contributed by atoms with Gasteiger partial charge in [-0.1, -0.05) is 42.5 Å². The summed E-state index contributed by atoms with van der Waals surface area (Å²) in [5.74, 6) is -0.574. The zero-order valence-corrected chi connectivity index (χ0v) is 26.2. The van der Waals surface area contributed by atoms with Crippen LogP contribution in [-0.2, 0) is 29.7 Å². The molecule has 1 fully saturated rings. The summed E-state index contributed by atoms with van der Waals surface area (Å²) in [6.07, 6.45) is -0.703. The number of nitrogens with one attached hydrogen (secondary N) is 2. The molecule has 1 saturated heterocycles. The molecule has 2 heterocycles. The highest BCUT2D eigenvalue weighted by atomic mass is 32.2. The standard InChI is InChI=1S/C32H36FN5O6S/c1-34-45(41,42)35-28-11-7-10-23(30(28)33)18-26-27(21-38-16-14-37(15-17-38)20-22-8-5-4-6-9-22)25-13-12-24(43-32(40)36(2)3)19-29(25)44-31(26)39/h4-13,19,34-35H,14-18,20-21H2,1-3H3. The number of amides is 1. The molecule has 0 saturated carbocycles. The van der Waals surface area contributed by atoms with E-state index in [1.54, 1.807) is 26.2 Å². The maximum absolute atomic E-state index is 15.6. The lowest BCUT2D eigenvalue weighted by molar-refractivity contribution is 0.122. The number of benzene rings is 3. The highest BCUT2D eigenvalue weighted by molar-refractivity contribution is 7.90. The summed E-state index contributed by atoms with van der Waals surface area (Å²) in [5, 5.41) is 0.633. The van der Waals surface area contributed by atoms with Gasteiger partial charge in [-0.2, -0.15) is 8.42 Å². The van der Waals surface area contributed by atoms with Crippen molar-refractivity contribution in [3.8, 4) is 5.75 Å². The van der Waals surface area contributed by atoms with Gasteiger partial charge in [0.05, 0.1) is 5.69 Å². The second kappa shape index (κ2) is 13.8. The summed E-state index contributed by atoms with van der Waals surface area (Å²) in [4.78, 5) is 31.5. The largest absolute Gasteiger partial charge is 0.422 e. The average Bonchev–Trinajstić information content (AvgIpc) is 3.01. The van der Waals surface area contributed by atoms with Crippen molar-refractivity contribution in [2.75, 3.05) is 52.0 Å². The molecule has 5 rings (SSSR count). The molecular weight excluding hydrogens is 601 g/mol. The Bertz CT molecular complexity index is 1840. The molecule has 45 heavy (non-hydrogen) atoms.